The van der Waals surface area contributed by atoms with Crippen LogP contribution in [-0.4, -0.2) is 44.1 Å². The summed E-state index contributed by atoms with van der Waals surface area (Å²) in [4.78, 5) is 6.90. The molecule has 0 bridgehead atoms. The normalized spacial score (nSPS) is 17.2. The van der Waals surface area contributed by atoms with Crippen molar-refractivity contribution in [2.45, 2.75) is 19.4 Å². The maximum atomic E-state index is 6.04. The van der Waals surface area contributed by atoms with E-state index < -0.39 is 0 Å². The molecule has 0 saturated carbocycles. The van der Waals surface area contributed by atoms with Gasteiger partial charge in [-0.25, -0.2) is 0 Å². The van der Waals surface area contributed by atoms with Gasteiger partial charge in [-0.3, -0.25) is 4.99 Å². The Morgan fingerprint density at radius 1 is 1.11 bits per heavy atom. The van der Waals surface area contributed by atoms with Crippen LogP contribution in [0.1, 0.15) is 17.5 Å². The second kappa shape index (κ2) is 12.3. The van der Waals surface area contributed by atoms with Crippen LogP contribution in [-0.2, 0) is 13.0 Å². The fourth-order valence-corrected chi connectivity index (χ4v) is 3.72. The summed E-state index contributed by atoms with van der Waals surface area (Å²) in [6.07, 6.45) is 2.37. The van der Waals surface area contributed by atoms with Crippen LogP contribution in [0, 0.1) is 5.92 Å². The van der Waals surface area contributed by atoms with Gasteiger partial charge in [-0.1, -0.05) is 54.1 Å². The van der Waals surface area contributed by atoms with Crippen molar-refractivity contribution in [3.8, 4) is 0 Å². The summed E-state index contributed by atoms with van der Waals surface area (Å²) in [7, 11) is 1.81. The number of aliphatic imine (C=N–C) groups is 1. The summed E-state index contributed by atoms with van der Waals surface area (Å²) in [5, 5.41) is 7.59. The van der Waals surface area contributed by atoms with E-state index in [2.05, 4.69) is 56.9 Å². The van der Waals surface area contributed by atoms with E-state index >= 15 is 0 Å². The first-order valence-electron chi connectivity index (χ1n) is 9.68. The van der Waals surface area contributed by atoms with Gasteiger partial charge in [-0.05, 0) is 48.6 Å². The van der Waals surface area contributed by atoms with Crippen LogP contribution in [0.4, 0.5) is 0 Å². The minimum absolute atomic E-state index is 0. The number of halogens is 2. The van der Waals surface area contributed by atoms with Crippen LogP contribution < -0.4 is 10.6 Å². The Labute approximate surface area is 190 Å². The zero-order valence-electron chi connectivity index (χ0n) is 16.4. The van der Waals surface area contributed by atoms with Gasteiger partial charge in [0, 0.05) is 38.2 Å². The molecule has 2 aromatic carbocycles. The quantitative estimate of drug-likeness (QED) is 0.332. The molecule has 2 N–H and O–H groups in total. The predicted octanol–water partition coefficient (Wildman–Crippen LogP) is 4.19. The van der Waals surface area contributed by atoms with E-state index in [1.807, 2.05) is 25.2 Å². The highest BCUT2D eigenvalue weighted by atomic mass is 127. The highest BCUT2D eigenvalue weighted by molar-refractivity contribution is 14.0. The number of rotatable bonds is 7. The van der Waals surface area contributed by atoms with Gasteiger partial charge in [-0.15, -0.1) is 24.0 Å². The number of nitrogens with zero attached hydrogens (tertiary/aromatic N) is 2. The molecule has 6 heteroatoms. The lowest BCUT2D eigenvalue weighted by molar-refractivity contribution is 0.328. The van der Waals surface area contributed by atoms with Crippen molar-refractivity contribution in [1.82, 2.24) is 15.5 Å². The van der Waals surface area contributed by atoms with Crippen LogP contribution in [0.2, 0.25) is 5.02 Å². The molecule has 1 atom stereocenters. The fourth-order valence-electron chi connectivity index (χ4n) is 3.51. The molecule has 152 valence electrons. The van der Waals surface area contributed by atoms with E-state index in [-0.39, 0.29) is 24.0 Å². The average molecular weight is 513 g/mol. The Bertz CT molecular complexity index is 738. The molecule has 0 radical (unpaired) electrons. The zero-order chi connectivity index (χ0) is 18.9. The molecular weight excluding hydrogens is 483 g/mol. The molecule has 3 rings (SSSR count). The van der Waals surface area contributed by atoms with Gasteiger partial charge in [0.05, 0.1) is 0 Å². The lowest BCUT2D eigenvalue weighted by Crippen LogP contribution is -2.40. The van der Waals surface area contributed by atoms with Crippen LogP contribution in [0.3, 0.4) is 0 Å². The molecular formula is C22H30ClIN4. The highest BCUT2D eigenvalue weighted by Crippen LogP contribution is 2.16. The molecule has 0 amide bonds. The fraction of sp³-hybridized carbons (Fsp3) is 0.409. The van der Waals surface area contributed by atoms with E-state index in [0.717, 1.165) is 42.6 Å². The van der Waals surface area contributed by atoms with Gasteiger partial charge in [0.2, 0.25) is 0 Å². The molecule has 1 saturated heterocycles. The average Bonchev–Trinajstić information content (AvgIpc) is 3.15. The summed E-state index contributed by atoms with van der Waals surface area (Å²) in [5.74, 6) is 1.52. The second-order valence-corrected chi connectivity index (χ2v) is 7.56. The van der Waals surface area contributed by atoms with Gasteiger partial charge in [0.1, 0.15) is 0 Å². The third-order valence-electron chi connectivity index (χ3n) is 5.06. The molecule has 1 aliphatic heterocycles. The Hall–Kier alpha value is -1.31. The predicted molar refractivity (Wildman–Crippen MR) is 130 cm³/mol. The molecule has 28 heavy (non-hydrogen) atoms. The smallest absolute Gasteiger partial charge is 0.191 e. The monoisotopic (exact) mass is 512 g/mol. The summed E-state index contributed by atoms with van der Waals surface area (Å²) >= 11 is 6.04. The van der Waals surface area contributed by atoms with E-state index in [9.17, 15) is 0 Å². The second-order valence-electron chi connectivity index (χ2n) is 7.13. The first-order valence-corrected chi connectivity index (χ1v) is 10.1. The number of guanidine groups is 1. The van der Waals surface area contributed by atoms with Crippen LogP contribution in [0.5, 0.6) is 0 Å². The van der Waals surface area contributed by atoms with Gasteiger partial charge in [0.15, 0.2) is 5.96 Å². The van der Waals surface area contributed by atoms with E-state index in [4.69, 9.17) is 11.6 Å². The van der Waals surface area contributed by atoms with Crippen LogP contribution in [0.15, 0.2) is 59.6 Å². The first-order chi connectivity index (χ1) is 13.2. The highest BCUT2D eigenvalue weighted by Gasteiger charge is 2.22. The van der Waals surface area contributed by atoms with Crippen LogP contribution in [0.25, 0.3) is 0 Å². The maximum absolute atomic E-state index is 6.04. The van der Waals surface area contributed by atoms with Crippen molar-refractivity contribution in [3.05, 3.63) is 70.7 Å². The number of hydrogen-bond acceptors (Lipinski definition) is 2. The number of hydrogen-bond donors (Lipinski definition) is 2. The minimum Gasteiger partial charge on any atom is -0.356 e. The largest absolute Gasteiger partial charge is 0.356 e. The lowest BCUT2D eigenvalue weighted by Gasteiger charge is -2.17. The molecule has 1 unspecified atom stereocenters. The molecule has 0 spiro atoms. The molecule has 1 heterocycles. The van der Waals surface area contributed by atoms with Crippen molar-refractivity contribution < 1.29 is 0 Å². The molecule has 1 fully saturated rings. The number of nitrogens with one attached hydrogen (secondary N) is 2. The standard InChI is InChI=1S/C22H29ClN4.HI/c1-24-22(25-15-19-8-5-9-21(23)14-19)26-16-20-11-13-27(17-20)12-10-18-6-3-2-4-7-18;/h2-9,14,20H,10-13,15-17H2,1H3,(H2,24,25,26);1H. The summed E-state index contributed by atoms with van der Waals surface area (Å²) in [5.41, 5.74) is 2.57. The molecule has 4 nitrogen and oxygen atoms in total. The molecule has 0 aromatic heterocycles. The van der Waals surface area contributed by atoms with E-state index in [0.29, 0.717) is 12.5 Å². The van der Waals surface area contributed by atoms with Gasteiger partial charge < -0.3 is 15.5 Å². The van der Waals surface area contributed by atoms with Crippen LogP contribution >= 0.6 is 35.6 Å². The van der Waals surface area contributed by atoms with Gasteiger partial charge in [0.25, 0.3) is 0 Å². The third kappa shape index (κ3) is 7.60. The van der Waals surface area contributed by atoms with Gasteiger partial charge >= 0.3 is 0 Å². The van der Waals surface area contributed by atoms with Crippen molar-refractivity contribution in [3.63, 3.8) is 0 Å². The van der Waals surface area contributed by atoms with Crippen molar-refractivity contribution in [2.24, 2.45) is 10.9 Å². The molecule has 1 aliphatic rings. The number of benzene rings is 2. The first kappa shape index (κ1) is 23.0. The maximum Gasteiger partial charge on any atom is 0.191 e. The van der Waals surface area contributed by atoms with Gasteiger partial charge in [-0.2, -0.15) is 0 Å². The topological polar surface area (TPSA) is 39.7 Å². The number of likely N-dealkylation sites (tertiary alicyclic amines) is 1. The van der Waals surface area contributed by atoms with Crippen molar-refractivity contribution in [1.29, 1.82) is 0 Å². The summed E-state index contributed by atoms with van der Waals surface area (Å²) < 4.78 is 0. The SMILES string of the molecule is CN=C(NCc1cccc(Cl)c1)NCC1CCN(CCc2ccccc2)C1.I. The van der Waals surface area contributed by atoms with E-state index in [1.54, 1.807) is 0 Å². The lowest BCUT2D eigenvalue weighted by atomic mass is 10.1. The van der Waals surface area contributed by atoms with Crippen molar-refractivity contribution >= 4 is 41.5 Å². The Morgan fingerprint density at radius 3 is 2.64 bits per heavy atom. The summed E-state index contributed by atoms with van der Waals surface area (Å²) in [6.45, 7) is 5.16. The molecule has 0 aliphatic carbocycles. The Balaban J connectivity index is 0.00000280. The zero-order valence-corrected chi connectivity index (χ0v) is 19.5. The minimum atomic E-state index is 0. The van der Waals surface area contributed by atoms with E-state index in [1.165, 1.54) is 18.5 Å². The third-order valence-corrected chi connectivity index (χ3v) is 5.30. The summed E-state index contributed by atoms with van der Waals surface area (Å²) in [6, 6.07) is 18.6. The van der Waals surface area contributed by atoms with Crippen molar-refractivity contribution in [2.75, 3.05) is 33.2 Å². The Kier molecular flexibility index (Phi) is 10.1. The Morgan fingerprint density at radius 2 is 1.89 bits per heavy atom. The molecule has 2 aromatic rings.